The number of para-hydroxylation sites is 1. The summed E-state index contributed by atoms with van der Waals surface area (Å²) in [5, 5.41) is 19.0. The number of aromatic nitrogens is 2. The average molecular weight is 383 g/mol. The normalized spacial score (nSPS) is 10.8. The van der Waals surface area contributed by atoms with Crippen LogP contribution in [0.15, 0.2) is 52.0 Å². The first kappa shape index (κ1) is 19.0. The monoisotopic (exact) mass is 383 g/mol. The van der Waals surface area contributed by atoms with Gasteiger partial charge in [-0.25, -0.2) is 0 Å². The van der Waals surface area contributed by atoms with Gasteiger partial charge >= 0.3 is 0 Å². The highest BCUT2D eigenvalue weighted by Gasteiger charge is 2.22. The summed E-state index contributed by atoms with van der Waals surface area (Å²) in [5.41, 5.74) is 4.74. The molecule has 0 atom stereocenters. The highest BCUT2D eigenvalue weighted by atomic mass is 32.2. The SMILES string of the molecule is CCc1cccc(C)c1NC(=O)CSc1c([O-])on[n+]1-c1ccc(C)cc1. The zero-order valence-electron chi connectivity index (χ0n) is 15.5. The topological polar surface area (TPSA) is 82.1 Å². The van der Waals surface area contributed by atoms with E-state index in [1.807, 2.05) is 63.2 Å². The fourth-order valence-corrected chi connectivity index (χ4v) is 3.48. The van der Waals surface area contributed by atoms with E-state index in [0.29, 0.717) is 5.69 Å². The van der Waals surface area contributed by atoms with Crippen LogP contribution in [-0.4, -0.2) is 16.9 Å². The average Bonchev–Trinajstić information content (AvgIpc) is 3.03. The van der Waals surface area contributed by atoms with E-state index in [1.54, 1.807) is 0 Å². The summed E-state index contributed by atoms with van der Waals surface area (Å²) in [5.74, 6) is -0.654. The summed E-state index contributed by atoms with van der Waals surface area (Å²) in [4.78, 5) is 12.4. The zero-order chi connectivity index (χ0) is 19.4. The van der Waals surface area contributed by atoms with E-state index >= 15 is 0 Å². The second-order valence-corrected chi connectivity index (χ2v) is 7.18. The number of thioether (sulfide) groups is 1. The molecule has 1 heterocycles. The summed E-state index contributed by atoms with van der Waals surface area (Å²) < 4.78 is 6.21. The van der Waals surface area contributed by atoms with Gasteiger partial charge in [-0.05, 0) is 47.8 Å². The molecule has 3 aromatic rings. The van der Waals surface area contributed by atoms with Gasteiger partial charge in [0.25, 0.3) is 5.03 Å². The predicted octanol–water partition coefficient (Wildman–Crippen LogP) is 2.93. The zero-order valence-corrected chi connectivity index (χ0v) is 16.3. The van der Waals surface area contributed by atoms with Gasteiger partial charge in [0.2, 0.25) is 11.6 Å². The molecular formula is C20H21N3O3S. The lowest BCUT2D eigenvalue weighted by Crippen LogP contribution is -2.35. The van der Waals surface area contributed by atoms with Crippen molar-refractivity contribution in [2.75, 3.05) is 11.1 Å². The minimum Gasteiger partial charge on any atom is -0.538 e. The summed E-state index contributed by atoms with van der Waals surface area (Å²) >= 11 is 1.11. The molecule has 0 unspecified atom stereocenters. The van der Waals surface area contributed by atoms with Crippen LogP contribution in [0, 0.1) is 13.8 Å². The molecule has 0 spiro atoms. The smallest absolute Gasteiger partial charge is 0.298 e. The fraction of sp³-hybridized carbons (Fsp3) is 0.250. The molecule has 0 aliphatic heterocycles. The fourth-order valence-electron chi connectivity index (χ4n) is 2.72. The minimum atomic E-state index is -0.557. The molecule has 0 saturated heterocycles. The lowest BCUT2D eigenvalue weighted by Gasteiger charge is -2.12. The van der Waals surface area contributed by atoms with Crippen LogP contribution in [0.1, 0.15) is 23.6 Å². The molecule has 0 radical (unpaired) electrons. The number of benzene rings is 2. The number of carbonyl (C=O) groups excluding carboxylic acids is 1. The van der Waals surface area contributed by atoms with Crippen LogP contribution >= 0.6 is 11.8 Å². The number of nitrogens with one attached hydrogen (secondary N) is 1. The summed E-state index contributed by atoms with van der Waals surface area (Å²) in [7, 11) is 0. The maximum absolute atomic E-state index is 12.4. The van der Waals surface area contributed by atoms with E-state index < -0.39 is 5.95 Å². The van der Waals surface area contributed by atoms with Crippen LogP contribution < -0.4 is 15.1 Å². The maximum Gasteiger partial charge on any atom is 0.298 e. The quantitative estimate of drug-likeness (QED) is 0.523. The van der Waals surface area contributed by atoms with Gasteiger partial charge in [-0.15, -0.1) is 0 Å². The molecule has 0 bridgehead atoms. The molecule has 0 saturated carbocycles. The first-order valence-corrected chi connectivity index (χ1v) is 9.65. The number of anilines is 1. The summed E-state index contributed by atoms with van der Waals surface area (Å²) in [6, 6.07) is 13.5. The molecule has 1 N–H and O–H groups in total. The molecule has 0 aliphatic rings. The Bertz CT molecular complexity index is 952. The van der Waals surface area contributed by atoms with Gasteiger partial charge < -0.3 is 14.9 Å². The van der Waals surface area contributed by atoms with Crippen molar-refractivity contribution in [3.8, 4) is 11.6 Å². The van der Waals surface area contributed by atoms with Crippen LogP contribution in [0.5, 0.6) is 5.95 Å². The Morgan fingerprint density at radius 1 is 1.22 bits per heavy atom. The highest BCUT2D eigenvalue weighted by Crippen LogP contribution is 2.25. The maximum atomic E-state index is 12.4. The Kier molecular flexibility index (Phi) is 5.81. The van der Waals surface area contributed by atoms with Crippen molar-refractivity contribution in [2.45, 2.75) is 32.2 Å². The number of amides is 1. The molecule has 1 aromatic heterocycles. The molecule has 140 valence electrons. The Hall–Kier alpha value is -2.80. The predicted molar refractivity (Wildman–Crippen MR) is 102 cm³/mol. The van der Waals surface area contributed by atoms with E-state index in [1.165, 1.54) is 4.68 Å². The first-order chi connectivity index (χ1) is 13.0. The number of hydrogen-bond acceptors (Lipinski definition) is 5. The van der Waals surface area contributed by atoms with Gasteiger partial charge in [0.1, 0.15) is 0 Å². The van der Waals surface area contributed by atoms with Gasteiger partial charge in [0.15, 0.2) is 5.95 Å². The van der Waals surface area contributed by atoms with Gasteiger partial charge in [0.05, 0.1) is 11.0 Å². The van der Waals surface area contributed by atoms with Gasteiger partial charge in [-0.2, -0.15) is 0 Å². The van der Waals surface area contributed by atoms with Crippen molar-refractivity contribution in [3.05, 3.63) is 59.2 Å². The molecule has 2 aromatic carbocycles. The third-order valence-electron chi connectivity index (χ3n) is 4.20. The molecule has 7 heteroatoms. The number of aryl methyl sites for hydroxylation is 3. The standard InChI is InChI=1S/C20H21N3O3S/c1-4-15-7-5-6-14(3)18(15)21-17(24)12-27-19-20(25)26-22-23(19)16-10-8-13(2)9-11-16/h5-11H,4,12H2,1-3H3,(H-,21,22,24,25). The van der Waals surface area contributed by atoms with E-state index in [2.05, 4.69) is 10.6 Å². The second-order valence-electron chi connectivity index (χ2n) is 6.21. The van der Waals surface area contributed by atoms with E-state index in [9.17, 15) is 9.90 Å². The lowest BCUT2D eigenvalue weighted by molar-refractivity contribution is -0.705. The second kappa shape index (κ2) is 8.26. The highest BCUT2D eigenvalue weighted by molar-refractivity contribution is 7.99. The van der Waals surface area contributed by atoms with Gasteiger partial charge in [0, 0.05) is 17.8 Å². The molecule has 6 nitrogen and oxygen atoms in total. The van der Waals surface area contributed by atoms with E-state index in [-0.39, 0.29) is 16.7 Å². The summed E-state index contributed by atoms with van der Waals surface area (Å²) in [6.07, 6.45) is 0.828. The molecule has 0 aliphatic carbocycles. The van der Waals surface area contributed by atoms with Gasteiger partial charge in [-0.1, -0.05) is 42.8 Å². The lowest BCUT2D eigenvalue weighted by atomic mass is 10.1. The van der Waals surface area contributed by atoms with Crippen LogP contribution in [-0.2, 0) is 11.2 Å². The molecule has 0 fully saturated rings. The molecular weight excluding hydrogens is 362 g/mol. The van der Waals surface area contributed by atoms with E-state index in [4.69, 9.17) is 4.52 Å². The third-order valence-corrected chi connectivity index (χ3v) is 5.21. The number of rotatable bonds is 6. The largest absolute Gasteiger partial charge is 0.538 e. The molecule has 27 heavy (non-hydrogen) atoms. The Morgan fingerprint density at radius 3 is 2.67 bits per heavy atom. The van der Waals surface area contributed by atoms with Crippen molar-refractivity contribution >= 4 is 23.4 Å². The van der Waals surface area contributed by atoms with Crippen molar-refractivity contribution in [1.82, 2.24) is 5.27 Å². The number of carbonyl (C=O) groups is 1. The summed E-state index contributed by atoms with van der Waals surface area (Å²) in [6.45, 7) is 5.99. The number of hydrogen-bond donors (Lipinski definition) is 1. The number of nitrogens with zero attached hydrogens (tertiary/aromatic N) is 2. The first-order valence-electron chi connectivity index (χ1n) is 8.66. The van der Waals surface area contributed by atoms with Crippen LogP contribution in [0.25, 0.3) is 5.69 Å². The van der Waals surface area contributed by atoms with Gasteiger partial charge in [-0.3, -0.25) is 4.79 Å². The molecule has 1 amide bonds. The van der Waals surface area contributed by atoms with E-state index in [0.717, 1.165) is 40.6 Å². The van der Waals surface area contributed by atoms with Crippen LogP contribution in [0.2, 0.25) is 0 Å². The van der Waals surface area contributed by atoms with Crippen molar-refractivity contribution in [1.29, 1.82) is 0 Å². The van der Waals surface area contributed by atoms with Crippen molar-refractivity contribution in [2.24, 2.45) is 0 Å². The Balaban J connectivity index is 1.73. The van der Waals surface area contributed by atoms with Crippen molar-refractivity contribution < 1.29 is 19.1 Å². The van der Waals surface area contributed by atoms with Crippen LogP contribution in [0.3, 0.4) is 0 Å². The third kappa shape index (κ3) is 4.31. The molecule has 3 rings (SSSR count). The Labute approximate surface area is 162 Å². The van der Waals surface area contributed by atoms with Crippen LogP contribution in [0.4, 0.5) is 5.69 Å². The van der Waals surface area contributed by atoms with Crippen molar-refractivity contribution in [3.63, 3.8) is 0 Å². The Morgan fingerprint density at radius 2 is 1.96 bits per heavy atom. The minimum absolute atomic E-state index is 0.0831.